The highest BCUT2D eigenvalue weighted by atomic mass is 14.6. The molecule has 1 atom stereocenters. The predicted molar refractivity (Wildman–Crippen MR) is 67.4 cm³/mol. The Balaban J connectivity index is 2.30. The summed E-state index contributed by atoms with van der Waals surface area (Å²) in [4.78, 5) is 0. The van der Waals surface area contributed by atoms with Gasteiger partial charge in [0.15, 0.2) is 0 Å². The summed E-state index contributed by atoms with van der Waals surface area (Å²) in [6.45, 7) is 2.09. The maximum atomic E-state index is 6.13. The van der Waals surface area contributed by atoms with E-state index >= 15 is 0 Å². The average molecular weight is 209 g/mol. The van der Waals surface area contributed by atoms with E-state index in [1.807, 2.05) is 0 Å². The first-order valence-electron chi connectivity index (χ1n) is 5.73. The third-order valence-corrected chi connectivity index (χ3v) is 3.41. The molecule has 0 saturated heterocycles. The third kappa shape index (κ3) is 1.22. The topological polar surface area (TPSA) is 26.0 Å². The maximum Gasteiger partial charge on any atom is 0.0250 e. The molecule has 80 valence electrons. The molecule has 0 aromatic heterocycles. The van der Waals surface area contributed by atoms with E-state index in [0.717, 1.165) is 0 Å². The summed E-state index contributed by atoms with van der Waals surface area (Å²) in [5.41, 5.74) is 11.6. The minimum Gasteiger partial charge on any atom is -0.327 e. The van der Waals surface area contributed by atoms with Gasteiger partial charge < -0.3 is 5.73 Å². The van der Waals surface area contributed by atoms with Crippen molar-refractivity contribution in [2.45, 2.75) is 18.9 Å². The Morgan fingerprint density at radius 2 is 1.31 bits per heavy atom. The SMILES string of the molecule is C[C@@H](N)C1c2ccccc2-c2ccccc21. The molecule has 0 heterocycles. The van der Waals surface area contributed by atoms with E-state index in [-0.39, 0.29) is 6.04 Å². The van der Waals surface area contributed by atoms with Gasteiger partial charge in [-0.15, -0.1) is 0 Å². The van der Waals surface area contributed by atoms with E-state index in [2.05, 4.69) is 55.5 Å². The highest BCUT2D eigenvalue weighted by Gasteiger charge is 2.29. The summed E-state index contributed by atoms with van der Waals surface area (Å²) in [6.07, 6.45) is 0. The monoisotopic (exact) mass is 209 g/mol. The standard InChI is InChI=1S/C15H15N/c1-10(16)15-13-8-4-2-6-11(13)12-7-3-5-9-14(12)15/h2-10,15H,16H2,1H3/t10-/m1/s1. The van der Waals surface area contributed by atoms with Crippen molar-refractivity contribution in [2.24, 2.45) is 5.73 Å². The molecule has 1 nitrogen and oxygen atoms in total. The molecule has 1 aliphatic rings. The van der Waals surface area contributed by atoms with Crippen molar-refractivity contribution in [2.75, 3.05) is 0 Å². The number of hydrogen-bond acceptors (Lipinski definition) is 1. The van der Waals surface area contributed by atoms with Crippen LogP contribution in [-0.2, 0) is 0 Å². The second-order valence-electron chi connectivity index (χ2n) is 4.51. The first-order chi connectivity index (χ1) is 7.79. The lowest BCUT2D eigenvalue weighted by Gasteiger charge is -2.17. The molecule has 2 aromatic rings. The number of nitrogens with two attached hydrogens (primary N) is 1. The van der Waals surface area contributed by atoms with Gasteiger partial charge >= 0.3 is 0 Å². The van der Waals surface area contributed by atoms with Gasteiger partial charge in [-0.05, 0) is 29.2 Å². The van der Waals surface area contributed by atoms with Crippen molar-refractivity contribution in [3.05, 3.63) is 59.7 Å². The van der Waals surface area contributed by atoms with Crippen LogP contribution in [0.3, 0.4) is 0 Å². The third-order valence-electron chi connectivity index (χ3n) is 3.41. The molecule has 0 amide bonds. The fourth-order valence-electron chi connectivity index (χ4n) is 2.76. The van der Waals surface area contributed by atoms with Crippen LogP contribution in [0.15, 0.2) is 48.5 Å². The summed E-state index contributed by atoms with van der Waals surface area (Å²) in [5.74, 6) is 0.354. The number of hydrogen-bond donors (Lipinski definition) is 1. The lowest BCUT2D eigenvalue weighted by Crippen LogP contribution is -2.24. The Morgan fingerprint density at radius 1 is 0.875 bits per heavy atom. The van der Waals surface area contributed by atoms with Crippen molar-refractivity contribution < 1.29 is 0 Å². The van der Waals surface area contributed by atoms with Gasteiger partial charge in [-0.25, -0.2) is 0 Å². The first-order valence-corrected chi connectivity index (χ1v) is 5.73. The van der Waals surface area contributed by atoms with Crippen LogP contribution in [0.5, 0.6) is 0 Å². The zero-order chi connectivity index (χ0) is 11.1. The van der Waals surface area contributed by atoms with Crippen LogP contribution in [0, 0.1) is 0 Å². The fraction of sp³-hybridized carbons (Fsp3) is 0.200. The van der Waals surface area contributed by atoms with Crippen LogP contribution in [0.2, 0.25) is 0 Å². The van der Waals surface area contributed by atoms with Crippen molar-refractivity contribution in [3.8, 4) is 11.1 Å². The highest BCUT2D eigenvalue weighted by molar-refractivity contribution is 5.79. The molecule has 2 N–H and O–H groups in total. The Bertz CT molecular complexity index is 483. The Hall–Kier alpha value is -1.60. The van der Waals surface area contributed by atoms with E-state index in [4.69, 9.17) is 5.73 Å². The molecule has 16 heavy (non-hydrogen) atoms. The van der Waals surface area contributed by atoms with Crippen molar-refractivity contribution >= 4 is 0 Å². The largest absolute Gasteiger partial charge is 0.327 e. The van der Waals surface area contributed by atoms with Gasteiger partial charge in [0.2, 0.25) is 0 Å². The first kappa shape index (κ1) is 9.61. The van der Waals surface area contributed by atoms with Crippen LogP contribution in [0.25, 0.3) is 11.1 Å². The van der Waals surface area contributed by atoms with E-state index in [0.29, 0.717) is 5.92 Å². The van der Waals surface area contributed by atoms with E-state index in [9.17, 15) is 0 Å². The van der Waals surface area contributed by atoms with Crippen molar-refractivity contribution in [3.63, 3.8) is 0 Å². The molecule has 1 heteroatoms. The van der Waals surface area contributed by atoms with Gasteiger partial charge in [0.25, 0.3) is 0 Å². The molecular formula is C15H15N. The summed E-state index contributed by atoms with van der Waals surface area (Å²) in [6, 6.07) is 17.3. The minimum absolute atomic E-state index is 0.157. The van der Waals surface area contributed by atoms with Gasteiger partial charge in [-0.1, -0.05) is 48.5 Å². The van der Waals surface area contributed by atoms with Crippen LogP contribution in [0.4, 0.5) is 0 Å². The van der Waals surface area contributed by atoms with Gasteiger partial charge in [-0.2, -0.15) is 0 Å². The van der Waals surface area contributed by atoms with Crippen LogP contribution in [0.1, 0.15) is 24.0 Å². The van der Waals surface area contributed by atoms with Crippen LogP contribution < -0.4 is 5.73 Å². The highest BCUT2D eigenvalue weighted by Crippen LogP contribution is 2.45. The van der Waals surface area contributed by atoms with Gasteiger partial charge in [0.1, 0.15) is 0 Å². The van der Waals surface area contributed by atoms with Crippen LogP contribution in [-0.4, -0.2) is 6.04 Å². The maximum absolute atomic E-state index is 6.13. The molecule has 3 rings (SSSR count). The van der Waals surface area contributed by atoms with Gasteiger partial charge in [0.05, 0.1) is 0 Å². The number of fused-ring (bicyclic) bond motifs is 3. The molecule has 0 radical (unpaired) electrons. The summed E-state index contributed by atoms with van der Waals surface area (Å²) in [7, 11) is 0. The van der Waals surface area contributed by atoms with Crippen molar-refractivity contribution in [1.29, 1.82) is 0 Å². The Morgan fingerprint density at radius 3 is 1.75 bits per heavy atom. The lowest BCUT2D eigenvalue weighted by atomic mass is 9.91. The summed E-state index contributed by atoms with van der Waals surface area (Å²) < 4.78 is 0. The normalized spacial score (nSPS) is 15.6. The number of rotatable bonds is 1. The Labute approximate surface area is 95.9 Å². The minimum atomic E-state index is 0.157. The van der Waals surface area contributed by atoms with E-state index < -0.39 is 0 Å². The summed E-state index contributed by atoms with van der Waals surface area (Å²) >= 11 is 0. The molecule has 0 saturated carbocycles. The Kier molecular flexibility index (Phi) is 2.08. The number of benzene rings is 2. The molecule has 1 aliphatic carbocycles. The van der Waals surface area contributed by atoms with Crippen molar-refractivity contribution in [1.82, 2.24) is 0 Å². The lowest BCUT2D eigenvalue weighted by molar-refractivity contribution is 0.656. The van der Waals surface area contributed by atoms with Gasteiger partial charge in [-0.3, -0.25) is 0 Å². The van der Waals surface area contributed by atoms with E-state index in [1.165, 1.54) is 22.3 Å². The zero-order valence-electron chi connectivity index (χ0n) is 9.35. The van der Waals surface area contributed by atoms with E-state index in [1.54, 1.807) is 0 Å². The second kappa shape index (κ2) is 3.46. The second-order valence-corrected chi connectivity index (χ2v) is 4.51. The summed E-state index contributed by atoms with van der Waals surface area (Å²) in [5, 5.41) is 0. The molecule has 2 aromatic carbocycles. The smallest absolute Gasteiger partial charge is 0.0250 e. The fourth-order valence-corrected chi connectivity index (χ4v) is 2.76. The predicted octanol–water partition coefficient (Wildman–Crippen LogP) is 3.15. The molecular weight excluding hydrogens is 194 g/mol. The molecule has 0 bridgehead atoms. The quantitative estimate of drug-likeness (QED) is 0.767. The zero-order valence-corrected chi connectivity index (χ0v) is 9.35. The molecule has 0 aliphatic heterocycles. The molecule has 0 fully saturated rings. The average Bonchev–Trinajstić information content (AvgIpc) is 2.63. The molecule has 0 spiro atoms. The van der Waals surface area contributed by atoms with Crippen LogP contribution >= 0.6 is 0 Å². The van der Waals surface area contributed by atoms with Gasteiger partial charge in [0, 0.05) is 12.0 Å². The molecule has 0 unspecified atom stereocenters.